The number of rotatable bonds is 6. The summed E-state index contributed by atoms with van der Waals surface area (Å²) in [6, 6.07) is 7.98. The van der Waals surface area contributed by atoms with Gasteiger partial charge in [0.25, 0.3) is 0 Å². The van der Waals surface area contributed by atoms with E-state index < -0.39 is 0 Å². The molecule has 0 unspecified atom stereocenters. The highest BCUT2D eigenvalue weighted by Crippen LogP contribution is 2.54. The highest BCUT2D eigenvalue weighted by molar-refractivity contribution is 7.99. The molecule has 122 valence electrons. The Labute approximate surface area is 143 Å². The molecule has 2 aromatic rings. The molecule has 1 aliphatic rings. The number of carbonyl (C=O) groups excluding carboxylic acids is 1. The van der Waals surface area contributed by atoms with Gasteiger partial charge in [-0.15, -0.1) is 10.2 Å². The van der Waals surface area contributed by atoms with Gasteiger partial charge >= 0.3 is 0 Å². The lowest BCUT2D eigenvalue weighted by Gasteiger charge is -2.07. The van der Waals surface area contributed by atoms with E-state index in [4.69, 9.17) is 17.4 Å². The smallest absolute Gasteiger partial charge is 0.244 e. The van der Waals surface area contributed by atoms with Gasteiger partial charge in [-0.05, 0) is 37.0 Å². The van der Waals surface area contributed by atoms with Crippen LogP contribution in [0, 0.1) is 0 Å². The molecule has 0 saturated heterocycles. The molecular formula is C15H18ClN5OS. The Hall–Kier alpha value is -1.57. The number of thioether (sulfide) groups is 1. The predicted molar refractivity (Wildman–Crippen MR) is 90.3 cm³/mol. The largest absolute Gasteiger partial charge is 0.306 e. The van der Waals surface area contributed by atoms with Gasteiger partial charge in [-0.25, -0.2) is 5.84 Å². The molecular weight excluding hydrogens is 334 g/mol. The number of nitrogens with zero attached hydrogens (tertiary/aromatic N) is 3. The Morgan fingerprint density at radius 2 is 2.13 bits per heavy atom. The summed E-state index contributed by atoms with van der Waals surface area (Å²) in [6.07, 6.45) is 1.06. The van der Waals surface area contributed by atoms with E-state index >= 15 is 0 Å². The number of aromatic nitrogens is 3. The van der Waals surface area contributed by atoms with E-state index in [9.17, 15) is 4.79 Å². The van der Waals surface area contributed by atoms with Crippen LogP contribution in [0.25, 0.3) is 0 Å². The minimum absolute atomic E-state index is 0.229. The number of nitrogens with two attached hydrogens (primary N) is 1. The maximum absolute atomic E-state index is 11.3. The first-order valence-corrected chi connectivity index (χ1v) is 8.81. The minimum Gasteiger partial charge on any atom is -0.306 e. The zero-order valence-electron chi connectivity index (χ0n) is 12.7. The molecule has 8 heteroatoms. The quantitative estimate of drug-likeness (QED) is 0.361. The molecule has 3 N–H and O–H groups in total. The lowest BCUT2D eigenvalue weighted by atomic mass is 10.1. The third kappa shape index (κ3) is 3.52. The predicted octanol–water partition coefficient (Wildman–Crippen LogP) is 2.30. The molecule has 3 rings (SSSR count). The lowest BCUT2D eigenvalue weighted by molar-refractivity contribution is -0.118. The summed E-state index contributed by atoms with van der Waals surface area (Å²) in [5.74, 6) is 6.94. The van der Waals surface area contributed by atoms with Gasteiger partial charge in [-0.2, -0.15) is 0 Å². The van der Waals surface area contributed by atoms with Gasteiger partial charge in [0.05, 0.1) is 5.75 Å². The van der Waals surface area contributed by atoms with E-state index in [-0.39, 0.29) is 11.7 Å². The lowest BCUT2D eigenvalue weighted by Crippen LogP contribution is -2.31. The van der Waals surface area contributed by atoms with Crippen molar-refractivity contribution in [2.45, 2.75) is 36.9 Å². The summed E-state index contributed by atoms with van der Waals surface area (Å²) < 4.78 is 2.08. The van der Waals surface area contributed by atoms with Crippen molar-refractivity contribution in [3.8, 4) is 0 Å². The summed E-state index contributed by atoms with van der Waals surface area (Å²) in [5.41, 5.74) is 3.40. The van der Waals surface area contributed by atoms with Crippen LogP contribution in [-0.4, -0.2) is 26.4 Å². The van der Waals surface area contributed by atoms with Crippen LogP contribution in [0.15, 0.2) is 29.4 Å². The molecule has 0 aliphatic heterocycles. The van der Waals surface area contributed by atoms with Crippen molar-refractivity contribution < 1.29 is 4.79 Å². The van der Waals surface area contributed by atoms with Crippen molar-refractivity contribution in [2.75, 3.05) is 5.75 Å². The van der Waals surface area contributed by atoms with E-state index in [1.165, 1.54) is 17.3 Å². The molecule has 1 fully saturated rings. The first-order chi connectivity index (χ1) is 11.1. The van der Waals surface area contributed by atoms with Gasteiger partial charge in [0.15, 0.2) is 5.16 Å². The van der Waals surface area contributed by atoms with Gasteiger partial charge in [0.1, 0.15) is 5.82 Å². The van der Waals surface area contributed by atoms with Crippen LogP contribution < -0.4 is 11.3 Å². The maximum Gasteiger partial charge on any atom is 0.244 e. The fourth-order valence-corrected chi connectivity index (χ4v) is 3.66. The Morgan fingerprint density at radius 3 is 2.78 bits per heavy atom. The van der Waals surface area contributed by atoms with Crippen LogP contribution in [0.2, 0.25) is 5.02 Å². The highest BCUT2D eigenvalue weighted by Gasteiger charge is 2.43. The molecule has 1 aliphatic carbocycles. The highest BCUT2D eigenvalue weighted by atomic mass is 35.5. The summed E-state index contributed by atoms with van der Waals surface area (Å²) in [4.78, 5) is 11.3. The van der Waals surface area contributed by atoms with Crippen molar-refractivity contribution >= 4 is 29.3 Å². The van der Waals surface area contributed by atoms with Crippen LogP contribution in [0.5, 0.6) is 0 Å². The Balaban J connectivity index is 1.73. The van der Waals surface area contributed by atoms with E-state index in [0.717, 1.165) is 29.0 Å². The molecule has 6 nitrogen and oxygen atoms in total. The van der Waals surface area contributed by atoms with Crippen molar-refractivity contribution in [1.29, 1.82) is 0 Å². The summed E-state index contributed by atoms with van der Waals surface area (Å²) in [5, 5.41) is 10.1. The second-order valence-electron chi connectivity index (χ2n) is 5.44. The second kappa shape index (κ2) is 6.90. The number of benzene rings is 1. The van der Waals surface area contributed by atoms with Crippen molar-refractivity contribution in [2.24, 2.45) is 5.84 Å². The van der Waals surface area contributed by atoms with Crippen LogP contribution in [0.3, 0.4) is 0 Å². The van der Waals surface area contributed by atoms with E-state index in [0.29, 0.717) is 11.8 Å². The van der Waals surface area contributed by atoms with E-state index in [1.54, 1.807) is 0 Å². The Morgan fingerprint density at radius 1 is 1.39 bits per heavy atom. The number of hydrazine groups is 1. The normalized spacial score (nSPS) is 19.6. The monoisotopic (exact) mass is 351 g/mol. The number of hydrogen-bond donors (Lipinski definition) is 2. The summed E-state index contributed by atoms with van der Waals surface area (Å²) >= 11 is 7.29. The number of amides is 1. The third-order valence-corrected chi connectivity index (χ3v) is 5.19. The molecule has 23 heavy (non-hydrogen) atoms. The van der Waals surface area contributed by atoms with Gasteiger partial charge in [0.2, 0.25) is 5.91 Å². The molecule has 1 aromatic heterocycles. The number of nitrogens with one attached hydrogen (secondary N) is 1. The molecule has 1 amide bonds. The number of hydrogen-bond acceptors (Lipinski definition) is 5. The van der Waals surface area contributed by atoms with E-state index in [2.05, 4.69) is 39.2 Å². The van der Waals surface area contributed by atoms with Gasteiger partial charge < -0.3 is 4.57 Å². The Kier molecular flexibility index (Phi) is 4.89. The standard InChI is InChI=1S/C15H18ClN5OS/c1-2-21-14(19-20-15(21)23-8-13(22)18-17)12-7-11(12)9-3-5-10(16)6-4-9/h3-6,11-12H,2,7-8,17H2,1H3,(H,18,22)/t11-,12+/m0/s1. The van der Waals surface area contributed by atoms with Crippen LogP contribution >= 0.6 is 23.4 Å². The van der Waals surface area contributed by atoms with Gasteiger partial charge in [-0.1, -0.05) is 35.5 Å². The molecule has 1 heterocycles. The van der Waals surface area contributed by atoms with Crippen LogP contribution in [-0.2, 0) is 11.3 Å². The third-order valence-electron chi connectivity index (χ3n) is 3.98. The Bertz CT molecular complexity index is 702. The number of halogens is 1. The molecule has 1 aromatic carbocycles. The fraction of sp³-hybridized carbons (Fsp3) is 0.400. The number of carbonyl (C=O) groups is 1. The fourth-order valence-electron chi connectivity index (χ4n) is 2.71. The molecule has 2 atom stereocenters. The molecule has 0 bridgehead atoms. The average Bonchev–Trinajstić information content (AvgIpc) is 3.25. The van der Waals surface area contributed by atoms with Gasteiger partial charge in [0, 0.05) is 17.5 Å². The first-order valence-electron chi connectivity index (χ1n) is 7.44. The summed E-state index contributed by atoms with van der Waals surface area (Å²) in [6.45, 7) is 2.83. The van der Waals surface area contributed by atoms with Crippen LogP contribution in [0.4, 0.5) is 0 Å². The molecule has 1 saturated carbocycles. The maximum atomic E-state index is 11.3. The van der Waals surface area contributed by atoms with Crippen molar-refractivity contribution in [1.82, 2.24) is 20.2 Å². The van der Waals surface area contributed by atoms with E-state index in [1.807, 2.05) is 12.1 Å². The minimum atomic E-state index is -0.229. The van der Waals surface area contributed by atoms with Gasteiger partial charge in [-0.3, -0.25) is 10.2 Å². The van der Waals surface area contributed by atoms with Crippen LogP contribution in [0.1, 0.15) is 36.6 Å². The van der Waals surface area contributed by atoms with Crippen molar-refractivity contribution in [3.63, 3.8) is 0 Å². The summed E-state index contributed by atoms with van der Waals surface area (Å²) in [7, 11) is 0. The first kappa shape index (κ1) is 16.3. The molecule has 0 radical (unpaired) electrons. The molecule has 0 spiro atoms. The topological polar surface area (TPSA) is 85.8 Å². The SMILES string of the molecule is CCn1c(SCC(=O)NN)nnc1[C@@H]1C[C@H]1c1ccc(Cl)cc1. The zero-order valence-corrected chi connectivity index (χ0v) is 14.3. The second-order valence-corrected chi connectivity index (χ2v) is 6.82. The average molecular weight is 352 g/mol. The zero-order chi connectivity index (χ0) is 16.4. The van der Waals surface area contributed by atoms with Crippen molar-refractivity contribution in [3.05, 3.63) is 40.7 Å².